The Hall–Kier alpha value is -0.130. The Labute approximate surface area is 128 Å². The monoisotopic (exact) mass is 346 g/mol. The summed E-state index contributed by atoms with van der Waals surface area (Å²) in [5.41, 5.74) is 7.01. The largest absolute Gasteiger partial charge is 0.373 e. The predicted octanol–water partition coefficient (Wildman–Crippen LogP) is 3.21. The molecular weight excluding hydrogens is 328 g/mol. The molecule has 0 aromatic heterocycles. The first-order valence-corrected chi connectivity index (χ1v) is 7.63. The maximum absolute atomic E-state index is 6.11. The van der Waals surface area contributed by atoms with Gasteiger partial charge in [0.15, 0.2) is 0 Å². The molecule has 1 aromatic carbocycles. The van der Waals surface area contributed by atoms with Crippen molar-refractivity contribution in [2.24, 2.45) is 5.73 Å². The van der Waals surface area contributed by atoms with Gasteiger partial charge in [0.25, 0.3) is 0 Å². The van der Waals surface area contributed by atoms with Crippen molar-refractivity contribution in [3.8, 4) is 0 Å². The van der Waals surface area contributed by atoms with Gasteiger partial charge in [-0.25, -0.2) is 0 Å². The lowest BCUT2D eigenvalue weighted by atomic mass is 10.0. The van der Waals surface area contributed by atoms with Crippen molar-refractivity contribution in [2.75, 3.05) is 26.2 Å². The van der Waals surface area contributed by atoms with Gasteiger partial charge in [-0.1, -0.05) is 27.5 Å². The van der Waals surface area contributed by atoms with Crippen LogP contribution in [-0.4, -0.2) is 36.7 Å². The summed E-state index contributed by atoms with van der Waals surface area (Å²) in [4.78, 5) is 2.37. The van der Waals surface area contributed by atoms with E-state index in [4.69, 9.17) is 22.1 Å². The minimum absolute atomic E-state index is 0.128. The molecular formula is C14H20BrClN2O. The molecule has 0 amide bonds. The van der Waals surface area contributed by atoms with Crippen LogP contribution >= 0.6 is 27.5 Å². The van der Waals surface area contributed by atoms with Gasteiger partial charge in [-0.15, -0.1) is 0 Å². The van der Waals surface area contributed by atoms with Crippen molar-refractivity contribution >= 4 is 27.5 Å². The topological polar surface area (TPSA) is 38.5 Å². The molecule has 1 aliphatic rings. The van der Waals surface area contributed by atoms with Gasteiger partial charge in [0.2, 0.25) is 0 Å². The van der Waals surface area contributed by atoms with Gasteiger partial charge in [-0.05, 0) is 37.6 Å². The summed E-state index contributed by atoms with van der Waals surface area (Å²) in [6, 6.07) is 6.01. The molecule has 1 heterocycles. The molecule has 1 unspecified atom stereocenters. The zero-order valence-electron chi connectivity index (χ0n) is 11.3. The van der Waals surface area contributed by atoms with E-state index >= 15 is 0 Å². The van der Waals surface area contributed by atoms with Gasteiger partial charge in [0, 0.05) is 35.2 Å². The molecule has 2 rings (SSSR count). The van der Waals surface area contributed by atoms with E-state index in [1.54, 1.807) is 0 Å². The van der Waals surface area contributed by atoms with E-state index in [-0.39, 0.29) is 11.6 Å². The number of rotatable bonds is 3. The van der Waals surface area contributed by atoms with Gasteiger partial charge >= 0.3 is 0 Å². The predicted molar refractivity (Wildman–Crippen MR) is 82.6 cm³/mol. The van der Waals surface area contributed by atoms with Crippen LogP contribution < -0.4 is 5.73 Å². The first-order chi connectivity index (χ1) is 8.93. The summed E-state index contributed by atoms with van der Waals surface area (Å²) in [5.74, 6) is 0. The van der Waals surface area contributed by atoms with Crippen molar-refractivity contribution in [1.82, 2.24) is 4.90 Å². The van der Waals surface area contributed by atoms with Crippen LogP contribution in [0, 0.1) is 0 Å². The summed E-state index contributed by atoms with van der Waals surface area (Å²) in [7, 11) is 0. The van der Waals surface area contributed by atoms with Crippen LogP contribution in [0.4, 0.5) is 0 Å². The molecule has 0 bridgehead atoms. The lowest BCUT2D eigenvalue weighted by Gasteiger charge is -2.42. The molecule has 0 spiro atoms. The second-order valence-electron chi connectivity index (χ2n) is 5.50. The van der Waals surface area contributed by atoms with Gasteiger partial charge < -0.3 is 10.5 Å². The third kappa shape index (κ3) is 3.70. The minimum Gasteiger partial charge on any atom is -0.373 e. The Balaban J connectivity index is 2.26. The van der Waals surface area contributed by atoms with E-state index in [1.165, 1.54) is 0 Å². The smallest absolute Gasteiger partial charge is 0.0753 e. The fourth-order valence-electron chi connectivity index (χ4n) is 2.56. The van der Waals surface area contributed by atoms with Crippen LogP contribution in [0.15, 0.2) is 22.7 Å². The quantitative estimate of drug-likeness (QED) is 0.912. The summed E-state index contributed by atoms with van der Waals surface area (Å²) < 4.78 is 6.81. The Morgan fingerprint density at radius 2 is 2.26 bits per heavy atom. The molecule has 19 heavy (non-hydrogen) atoms. The Kier molecular flexibility index (Phi) is 4.90. The lowest BCUT2D eigenvalue weighted by Crippen LogP contribution is -2.50. The Morgan fingerprint density at radius 1 is 1.53 bits per heavy atom. The SMILES string of the molecule is CC1(C)CN(C(CN)c2cc(Cl)ccc2Br)CCO1. The van der Waals surface area contributed by atoms with Crippen LogP contribution in [0.1, 0.15) is 25.5 Å². The fourth-order valence-corrected chi connectivity index (χ4v) is 3.25. The van der Waals surface area contributed by atoms with E-state index in [1.807, 2.05) is 18.2 Å². The molecule has 0 saturated carbocycles. The molecule has 1 fully saturated rings. The number of halogens is 2. The molecule has 5 heteroatoms. The van der Waals surface area contributed by atoms with Crippen LogP contribution in [0.2, 0.25) is 5.02 Å². The van der Waals surface area contributed by atoms with Crippen LogP contribution in [0.5, 0.6) is 0 Å². The highest BCUT2D eigenvalue weighted by Gasteiger charge is 2.32. The van der Waals surface area contributed by atoms with E-state index in [0.29, 0.717) is 6.54 Å². The third-order valence-electron chi connectivity index (χ3n) is 3.44. The standard InChI is InChI=1S/C14H20BrClN2O/c1-14(2)9-18(5-6-19-14)13(8-17)11-7-10(16)3-4-12(11)15/h3-4,7,13H,5-6,8-9,17H2,1-2H3. The van der Waals surface area contributed by atoms with Crippen molar-refractivity contribution < 1.29 is 4.74 Å². The zero-order valence-corrected chi connectivity index (χ0v) is 13.7. The van der Waals surface area contributed by atoms with Crippen molar-refractivity contribution in [3.05, 3.63) is 33.3 Å². The average Bonchev–Trinajstić information content (AvgIpc) is 2.33. The Morgan fingerprint density at radius 3 is 2.89 bits per heavy atom. The number of morpholine rings is 1. The molecule has 3 nitrogen and oxygen atoms in total. The Bertz CT molecular complexity index is 453. The molecule has 1 aliphatic heterocycles. The van der Waals surface area contributed by atoms with Crippen LogP contribution in [-0.2, 0) is 4.74 Å². The zero-order chi connectivity index (χ0) is 14.0. The number of nitrogens with two attached hydrogens (primary N) is 1. The van der Waals surface area contributed by atoms with E-state index in [9.17, 15) is 0 Å². The van der Waals surface area contributed by atoms with Crippen molar-refractivity contribution in [2.45, 2.75) is 25.5 Å². The van der Waals surface area contributed by atoms with E-state index < -0.39 is 0 Å². The van der Waals surface area contributed by atoms with Gasteiger partial charge in [0.05, 0.1) is 12.2 Å². The summed E-state index contributed by atoms with van der Waals surface area (Å²) >= 11 is 9.70. The van der Waals surface area contributed by atoms with Crippen molar-refractivity contribution in [3.63, 3.8) is 0 Å². The number of hydrogen-bond donors (Lipinski definition) is 1. The second-order valence-corrected chi connectivity index (χ2v) is 6.79. The van der Waals surface area contributed by atoms with Crippen LogP contribution in [0.3, 0.4) is 0 Å². The third-order valence-corrected chi connectivity index (χ3v) is 4.39. The summed E-state index contributed by atoms with van der Waals surface area (Å²) in [6.45, 7) is 7.29. The van der Waals surface area contributed by atoms with E-state index in [2.05, 4.69) is 34.7 Å². The first-order valence-electron chi connectivity index (χ1n) is 6.46. The maximum atomic E-state index is 6.11. The number of hydrogen-bond acceptors (Lipinski definition) is 3. The van der Waals surface area contributed by atoms with E-state index in [0.717, 1.165) is 34.8 Å². The summed E-state index contributed by atoms with van der Waals surface area (Å²) in [6.07, 6.45) is 0. The molecule has 1 atom stereocenters. The van der Waals surface area contributed by atoms with Crippen LogP contribution in [0.25, 0.3) is 0 Å². The summed E-state index contributed by atoms with van der Waals surface area (Å²) in [5, 5.41) is 0.740. The first kappa shape index (κ1) is 15.3. The highest BCUT2D eigenvalue weighted by molar-refractivity contribution is 9.10. The fraction of sp³-hybridized carbons (Fsp3) is 0.571. The average molecular weight is 348 g/mol. The highest BCUT2D eigenvalue weighted by atomic mass is 79.9. The minimum atomic E-state index is -0.128. The number of nitrogens with zero attached hydrogens (tertiary/aromatic N) is 1. The maximum Gasteiger partial charge on any atom is 0.0753 e. The molecule has 106 valence electrons. The van der Waals surface area contributed by atoms with Gasteiger partial charge in [0.1, 0.15) is 0 Å². The lowest BCUT2D eigenvalue weighted by molar-refractivity contribution is -0.0968. The molecule has 2 N–H and O–H groups in total. The van der Waals surface area contributed by atoms with Gasteiger partial charge in [-0.2, -0.15) is 0 Å². The molecule has 1 aromatic rings. The molecule has 0 radical (unpaired) electrons. The van der Waals surface area contributed by atoms with Crippen molar-refractivity contribution in [1.29, 1.82) is 0 Å². The second kappa shape index (κ2) is 6.10. The number of benzene rings is 1. The molecule has 1 saturated heterocycles. The highest BCUT2D eigenvalue weighted by Crippen LogP contribution is 2.32. The van der Waals surface area contributed by atoms with Gasteiger partial charge in [-0.3, -0.25) is 4.90 Å². The number of ether oxygens (including phenoxy) is 1. The molecule has 0 aliphatic carbocycles. The normalized spacial score (nSPS) is 21.3.